The number of aliphatic hydroxyl groups is 1. The topological polar surface area (TPSA) is 154 Å². The first-order valence-electron chi connectivity index (χ1n) is 13.0. The monoisotopic (exact) mass is 528 g/mol. The third kappa shape index (κ3) is 8.29. The van der Waals surface area contributed by atoms with Crippen LogP contribution in [0.3, 0.4) is 0 Å². The quantitative estimate of drug-likeness (QED) is 0.364. The van der Waals surface area contributed by atoms with Crippen molar-refractivity contribution in [1.82, 2.24) is 19.8 Å². The van der Waals surface area contributed by atoms with Gasteiger partial charge in [0.1, 0.15) is 5.82 Å². The Hall–Kier alpha value is -3.44. The molecule has 0 unspecified atom stereocenters. The number of aliphatic hydroxyl groups excluding tert-OH is 1. The molecule has 11 nitrogen and oxygen atoms in total. The zero-order valence-corrected chi connectivity index (χ0v) is 22.5. The van der Waals surface area contributed by atoms with Crippen LogP contribution in [0.25, 0.3) is 0 Å². The number of hydrogen-bond acceptors (Lipinski definition) is 8. The number of pyridine rings is 2. The lowest BCUT2D eigenvalue weighted by Crippen LogP contribution is -2.36. The second-order valence-electron chi connectivity index (χ2n) is 10.3. The molecule has 2 aliphatic heterocycles. The molecule has 38 heavy (non-hydrogen) atoms. The van der Waals surface area contributed by atoms with Gasteiger partial charge >= 0.3 is 12.0 Å². The summed E-state index contributed by atoms with van der Waals surface area (Å²) in [4.78, 5) is 36.8. The molecule has 0 bridgehead atoms. The van der Waals surface area contributed by atoms with Gasteiger partial charge in [0.25, 0.3) is 0 Å². The molecule has 5 N–H and O–H groups in total. The van der Waals surface area contributed by atoms with Crippen molar-refractivity contribution in [3.8, 4) is 5.88 Å². The van der Waals surface area contributed by atoms with Crippen LogP contribution in [0, 0.1) is 0 Å². The Bertz CT molecular complexity index is 1070. The molecule has 208 valence electrons. The van der Waals surface area contributed by atoms with Crippen molar-refractivity contribution in [2.45, 2.75) is 57.5 Å². The van der Waals surface area contributed by atoms with Gasteiger partial charge in [-0.2, -0.15) is 0 Å². The molecular weight excluding hydrogens is 488 g/mol. The second kappa shape index (κ2) is 13.4. The first kappa shape index (κ1) is 29.1. The van der Waals surface area contributed by atoms with Gasteiger partial charge in [0.2, 0.25) is 5.88 Å². The first-order chi connectivity index (χ1) is 18.1. The number of carbonyl (C=O) groups excluding carboxylic acids is 1. The van der Waals surface area contributed by atoms with Crippen molar-refractivity contribution in [1.29, 1.82) is 0 Å². The van der Waals surface area contributed by atoms with Crippen LogP contribution in [0.1, 0.15) is 56.0 Å². The van der Waals surface area contributed by atoms with Crippen LogP contribution in [-0.2, 0) is 17.6 Å². The number of carboxylic acid groups (broad SMARTS) is 1. The summed E-state index contributed by atoms with van der Waals surface area (Å²) >= 11 is 0. The lowest BCUT2D eigenvalue weighted by atomic mass is 10.0. The third-order valence-electron chi connectivity index (χ3n) is 6.44. The number of methoxy groups -OCH3 is 1. The van der Waals surface area contributed by atoms with Gasteiger partial charge in [0, 0.05) is 49.7 Å². The Morgan fingerprint density at radius 2 is 2.03 bits per heavy atom. The minimum Gasteiger partial charge on any atom is -0.481 e. The fraction of sp³-hybridized carbons (Fsp3) is 0.556. The summed E-state index contributed by atoms with van der Waals surface area (Å²) in [5, 5.41) is 21.0. The van der Waals surface area contributed by atoms with E-state index in [0.717, 1.165) is 43.7 Å². The van der Waals surface area contributed by atoms with E-state index < -0.39 is 17.6 Å². The second-order valence-corrected chi connectivity index (χ2v) is 10.3. The number of nitrogens with two attached hydrogens (primary N) is 1. The Balaban J connectivity index is 0.000000599. The van der Waals surface area contributed by atoms with Gasteiger partial charge in [0.05, 0.1) is 26.2 Å². The number of aliphatic carboxylic acids is 1. The van der Waals surface area contributed by atoms with Crippen molar-refractivity contribution < 1.29 is 24.5 Å². The summed E-state index contributed by atoms with van der Waals surface area (Å²) in [5.41, 5.74) is 7.86. The number of fused-ring (bicyclic) bond motifs is 1. The van der Waals surface area contributed by atoms with E-state index in [0.29, 0.717) is 31.1 Å². The predicted octanol–water partition coefficient (Wildman–Crippen LogP) is 2.45. The molecule has 0 saturated carbocycles. The minimum atomic E-state index is -0.954. The summed E-state index contributed by atoms with van der Waals surface area (Å²) in [6.07, 6.45) is 5.21. The standard InChI is InChI=1S/C23H29N5O4.C4H11NO/c1-32-20-9-7-17(15-25-20)19(14-21(29)30)28-13-12-27(23(28)31)11-3-5-18-8-6-16-4-2-10-24-22(16)26-18;1-4(2,5)3-6/h6-9,15,19H,2-5,10-14H2,1H3,(H,24,26)(H,29,30);6H,3,5H2,1-2H3/t19-;/m0./s1. The molecule has 0 radical (unpaired) electrons. The summed E-state index contributed by atoms with van der Waals surface area (Å²) in [7, 11) is 1.52. The van der Waals surface area contributed by atoms with Gasteiger partial charge in [-0.15, -0.1) is 0 Å². The molecule has 1 atom stereocenters. The zero-order chi connectivity index (χ0) is 27.7. The van der Waals surface area contributed by atoms with Crippen molar-refractivity contribution >= 4 is 17.8 Å². The molecule has 0 spiro atoms. The van der Waals surface area contributed by atoms with E-state index in [4.69, 9.17) is 20.6 Å². The van der Waals surface area contributed by atoms with Gasteiger partial charge in [-0.05, 0) is 56.7 Å². The smallest absolute Gasteiger partial charge is 0.320 e. The Morgan fingerprint density at radius 1 is 1.26 bits per heavy atom. The molecule has 1 saturated heterocycles. The molecule has 2 aliphatic rings. The molecule has 1 fully saturated rings. The molecular formula is C27H40N6O5. The predicted molar refractivity (Wildman–Crippen MR) is 144 cm³/mol. The largest absolute Gasteiger partial charge is 0.481 e. The highest BCUT2D eigenvalue weighted by atomic mass is 16.5. The lowest BCUT2D eigenvalue weighted by molar-refractivity contribution is -0.138. The van der Waals surface area contributed by atoms with Gasteiger partial charge < -0.3 is 35.8 Å². The van der Waals surface area contributed by atoms with Crippen LogP contribution in [-0.4, -0.2) is 87.4 Å². The third-order valence-corrected chi connectivity index (χ3v) is 6.44. The number of nitrogens with zero attached hydrogens (tertiary/aromatic N) is 4. The first-order valence-corrected chi connectivity index (χ1v) is 13.0. The molecule has 0 aliphatic carbocycles. The van der Waals surface area contributed by atoms with E-state index in [9.17, 15) is 14.7 Å². The number of urea groups is 1. The van der Waals surface area contributed by atoms with Crippen molar-refractivity contribution in [2.24, 2.45) is 5.73 Å². The number of carboxylic acids is 1. The van der Waals surface area contributed by atoms with Crippen molar-refractivity contribution in [3.63, 3.8) is 0 Å². The van der Waals surface area contributed by atoms with Crippen LogP contribution in [0.5, 0.6) is 5.88 Å². The summed E-state index contributed by atoms with van der Waals surface area (Å²) in [6, 6.07) is 6.98. The highest BCUT2D eigenvalue weighted by molar-refractivity contribution is 5.78. The maximum atomic E-state index is 13.0. The zero-order valence-electron chi connectivity index (χ0n) is 22.5. The maximum absolute atomic E-state index is 13.0. The van der Waals surface area contributed by atoms with E-state index in [1.807, 2.05) is 0 Å². The van der Waals surface area contributed by atoms with E-state index in [1.165, 1.54) is 12.7 Å². The number of carbonyl (C=O) groups is 2. The number of ether oxygens (including phenoxy) is 1. The molecule has 11 heteroatoms. The fourth-order valence-electron chi connectivity index (χ4n) is 4.34. The minimum absolute atomic E-state index is 0.0486. The van der Waals surface area contributed by atoms with Crippen LogP contribution in [0.2, 0.25) is 0 Å². The normalized spacial score (nSPS) is 15.8. The maximum Gasteiger partial charge on any atom is 0.320 e. The molecule has 4 heterocycles. The summed E-state index contributed by atoms with van der Waals surface area (Å²) in [6.45, 7) is 6.24. The van der Waals surface area contributed by atoms with E-state index in [1.54, 1.807) is 42.0 Å². The molecule has 2 amide bonds. The Kier molecular flexibility index (Phi) is 10.3. The van der Waals surface area contributed by atoms with Gasteiger partial charge in [-0.1, -0.05) is 12.1 Å². The van der Waals surface area contributed by atoms with Crippen LogP contribution in [0.4, 0.5) is 10.6 Å². The molecule has 2 aromatic rings. The molecule has 2 aromatic heterocycles. The number of aromatic nitrogens is 2. The van der Waals surface area contributed by atoms with Crippen LogP contribution in [0.15, 0.2) is 30.5 Å². The van der Waals surface area contributed by atoms with Crippen LogP contribution >= 0.6 is 0 Å². The Morgan fingerprint density at radius 3 is 2.66 bits per heavy atom. The van der Waals surface area contributed by atoms with Crippen LogP contribution < -0.4 is 15.8 Å². The number of rotatable bonds is 10. The number of anilines is 1. The number of aryl methyl sites for hydroxylation is 2. The highest BCUT2D eigenvalue weighted by Crippen LogP contribution is 2.29. The Labute approximate surface area is 224 Å². The van der Waals surface area contributed by atoms with E-state index in [-0.39, 0.29) is 19.1 Å². The fourth-order valence-corrected chi connectivity index (χ4v) is 4.34. The summed E-state index contributed by atoms with van der Waals surface area (Å²) in [5.74, 6) is 0.481. The number of amides is 2. The van der Waals surface area contributed by atoms with Crippen molar-refractivity contribution in [2.75, 3.05) is 45.2 Å². The average molecular weight is 529 g/mol. The van der Waals surface area contributed by atoms with Crippen molar-refractivity contribution in [3.05, 3.63) is 47.3 Å². The number of hydrogen-bond donors (Lipinski definition) is 4. The van der Waals surface area contributed by atoms with Gasteiger partial charge in [0.15, 0.2) is 0 Å². The summed E-state index contributed by atoms with van der Waals surface area (Å²) < 4.78 is 5.08. The van der Waals surface area contributed by atoms with Gasteiger partial charge in [-0.3, -0.25) is 4.79 Å². The molecule has 0 aromatic carbocycles. The van der Waals surface area contributed by atoms with Gasteiger partial charge in [-0.25, -0.2) is 14.8 Å². The number of nitrogens with one attached hydrogen (secondary N) is 1. The molecule has 4 rings (SSSR count). The van der Waals surface area contributed by atoms with E-state index >= 15 is 0 Å². The lowest BCUT2D eigenvalue weighted by Gasteiger charge is -2.27. The SMILES string of the molecule is CC(C)(N)CO.COc1ccc([C@H](CC(=O)O)N2CCN(CCCc3ccc4c(n3)NCCC4)C2=O)cn1. The average Bonchev–Trinajstić information content (AvgIpc) is 3.27. The highest BCUT2D eigenvalue weighted by Gasteiger charge is 2.35. The van der Waals surface area contributed by atoms with E-state index in [2.05, 4.69) is 22.4 Å².